The third-order valence-electron chi connectivity index (χ3n) is 3.65. The Bertz CT molecular complexity index is 440. The Morgan fingerprint density at radius 3 is 2.43 bits per heavy atom. The number of likely N-dealkylation sites (N-methyl/N-ethyl adjacent to an activating group) is 2. The van der Waals surface area contributed by atoms with Gasteiger partial charge in [0.25, 0.3) is 0 Å². The lowest BCUT2D eigenvalue weighted by Crippen LogP contribution is -2.50. The van der Waals surface area contributed by atoms with Crippen LogP contribution in [0.2, 0.25) is 0 Å². The number of amides is 2. The molecular formula is C15H29N5O2S. The first kappa shape index (κ1) is 19.6. The number of carbonyl (C=O) groups is 2. The van der Waals surface area contributed by atoms with Crippen LogP contribution in [0, 0.1) is 0 Å². The van der Waals surface area contributed by atoms with Gasteiger partial charge < -0.3 is 20.0 Å². The van der Waals surface area contributed by atoms with Crippen molar-refractivity contribution >= 4 is 29.5 Å². The third-order valence-corrected chi connectivity index (χ3v) is 5.03. The van der Waals surface area contributed by atoms with E-state index in [0.29, 0.717) is 11.2 Å². The van der Waals surface area contributed by atoms with Gasteiger partial charge in [-0.15, -0.1) is 0 Å². The Hall–Kier alpha value is -1.44. The molecule has 0 saturated carbocycles. The van der Waals surface area contributed by atoms with Crippen LogP contribution in [0.5, 0.6) is 0 Å². The molecule has 0 bridgehead atoms. The summed E-state index contributed by atoms with van der Waals surface area (Å²) in [6, 6.07) is 0. The largest absolute Gasteiger partial charge is 0.347 e. The molecule has 1 heterocycles. The second-order valence-electron chi connectivity index (χ2n) is 5.92. The number of guanidine groups is 1. The van der Waals surface area contributed by atoms with E-state index in [1.54, 1.807) is 28.2 Å². The van der Waals surface area contributed by atoms with Gasteiger partial charge in [-0.3, -0.25) is 9.59 Å². The van der Waals surface area contributed by atoms with E-state index in [2.05, 4.69) is 22.1 Å². The molecule has 1 rings (SSSR count). The van der Waals surface area contributed by atoms with Crippen LogP contribution in [-0.2, 0) is 9.59 Å². The second-order valence-corrected chi connectivity index (χ2v) is 7.33. The van der Waals surface area contributed by atoms with Crippen LogP contribution in [0.1, 0.15) is 13.3 Å². The van der Waals surface area contributed by atoms with E-state index < -0.39 is 0 Å². The minimum Gasteiger partial charge on any atom is -0.347 e. The van der Waals surface area contributed by atoms with Crippen LogP contribution >= 0.6 is 11.8 Å². The number of rotatable bonds is 5. The van der Waals surface area contributed by atoms with E-state index in [1.165, 1.54) is 9.80 Å². The first-order valence-electron chi connectivity index (χ1n) is 7.90. The van der Waals surface area contributed by atoms with Crippen LogP contribution in [0.15, 0.2) is 4.99 Å². The maximum Gasteiger partial charge on any atom is 0.243 e. The van der Waals surface area contributed by atoms with Gasteiger partial charge in [-0.05, 0) is 6.42 Å². The Morgan fingerprint density at radius 2 is 1.87 bits per heavy atom. The van der Waals surface area contributed by atoms with Gasteiger partial charge in [0.1, 0.15) is 6.54 Å². The van der Waals surface area contributed by atoms with Crippen molar-refractivity contribution in [1.82, 2.24) is 20.0 Å². The van der Waals surface area contributed by atoms with Crippen molar-refractivity contribution in [2.45, 2.75) is 18.6 Å². The molecule has 7 nitrogen and oxygen atoms in total. The average Bonchev–Trinajstić information content (AvgIpc) is 2.54. The maximum atomic E-state index is 11.8. The van der Waals surface area contributed by atoms with E-state index in [-0.39, 0.29) is 24.9 Å². The zero-order chi connectivity index (χ0) is 17.4. The number of carbonyl (C=O) groups excluding carboxylic acids is 2. The molecular weight excluding hydrogens is 314 g/mol. The normalized spacial score (nSPS) is 18.6. The highest BCUT2D eigenvalue weighted by Crippen LogP contribution is 2.21. The van der Waals surface area contributed by atoms with E-state index in [9.17, 15) is 9.59 Å². The predicted octanol–water partition coefficient (Wildman–Crippen LogP) is -0.0642. The molecule has 8 heteroatoms. The molecule has 23 heavy (non-hydrogen) atoms. The van der Waals surface area contributed by atoms with E-state index >= 15 is 0 Å². The van der Waals surface area contributed by atoms with Crippen molar-refractivity contribution < 1.29 is 9.59 Å². The molecule has 1 atom stereocenters. The first-order valence-corrected chi connectivity index (χ1v) is 8.95. The topological polar surface area (TPSA) is 68.2 Å². The number of hydrogen-bond acceptors (Lipinski definition) is 4. The summed E-state index contributed by atoms with van der Waals surface area (Å²) in [6.07, 6.45) is 1.10. The second kappa shape index (κ2) is 9.64. The van der Waals surface area contributed by atoms with Gasteiger partial charge in [0.15, 0.2) is 5.96 Å². The highest BCUT2D eigenvalue weighted by molar-refractivity contribution is 8.00. The number of nitrogens with one attached hydrogen (secondary N) is 1. The van der Waals surface area contributed by atoms with Gasteiger partial charge in [0, 0.05) is 52.3 Å². The fourth-order valence-corrected chi connectivity index (χ4v) is 3.20. The Morgan fingerprint density at radius 1 is 1.22 bits per heavy atom. The van der Waals surface area contributed by atoms with E-state index in [1.807, 2.05) is 11.8 Å². The molecule has 1 unspecified atom stereocenters. The molecule has 0 aliphatic carbocycles. The van der Waals surface area contributed by atoms with Crippen LogP contribution in [0.25, 0.3) is 0 Å². The molecule has 0 aromatic heterocycles. The molecule has 132 valence electrons. The molecule has 0 aromatic carbocycles. The predicted molar refractivity (Wildman–Crippen MR) is 95.8 cm³/mol. The molecule has 1 saturated heterocycles. The van der Waals surface area contributed by atoms with Gasteiger partial charge in [-0.1, -0.05) is 6.92 Å². The summed E-state index contributed by atoms with van der Waals surface area (Å²) in [7, 11) is 6.87. The van der Waals surface area contributed by atoms with Gasteiger partial charge in [0.2, 0.25) is 11.8 Å². The summed E-state index contributed by atoms with van der Waals surface area (Å²) >= 11 is 1.97. The van der Waals surface area contributed by atoms with Gasteiger partial charge in [0.05, 0.1) is 6.54 Å². The fourth-order valence-electron chi connectivity index (χ4n) is 2.02. The van der Waals surface area contributed by atoms with Crippen molar-refractivity contribution in [2.75, 3.05) is 60.1 Å². The smallest absolute Gasteiger partial charge is 0.243 e. The van der Waals surface area contributed by atoms with E-state index in [4.69, 9.17) is 0 Å². The van der Waals surface area contributed by atoms with Crippen LogP contribution < -0.4 is 5.32 Å². The van der Waals surface area contributed by atoms with Gasteiger partial charge >= 0.3 is 0 Å². The lowest BCUT2D eigenvalue weighted by molar-refractivity contribution is -0.127. The van der Waals surface area contributed by atoms with Gasteiger partial charge in [-0.2, -0.15) is 11.8 Å². The lowest BCUT2D eigenvalue weighted by Gasteiger charge is -2.34. The molecule has 2 amide bonds. The summed E-state index contributed by atoms with van der Waals surface area (Å²) < 4.78 is 0. The Labute approximate surface area is 143 Å². The number of aliphatic imine (C=N–C) groups is 1. The minimum absolute atomic E-state index is 0.0185. The van der Waals surface area contributed by atoms with Crippen molar-refractivity contribution in [3.63, 3.8) is 0 Å². The van der Waals surface area contributed by atoms with Crippen molar-refractivity contribution in [2.24, 2.45) is 4.99 Å². The number of hydrogen-bond donors (Lipinski definition) is 1. The quantitative estimate of drug-likeness (QED) is 0.559. The lowest BCUT2D eigenvalue weighted by atomic mass is 10.3. The zero-order valence-corrected chi connectivity index (χ0v) is 15.7. The molecule has 0 aromatic rings. The maximum absolute atomic E-state index is 11.8. The number of nitrogens with zero attached hydrogens (tertiary/aromatic N) is 4. The van der Waals surface area contributed by atoms with Crippen molar-refractivity contribution in [3.05, 3.63) is 0 Å². The molecule has 0 radical (unpaired) electrons. The van der Waals surface area contributed by atoms with Crippen LogP contribution in [0.4, 0.5) is 0 Å². The summed E-state index contributed by atoms with van der Waals surface area (Å²) in [6.45, 7) is 4.21. The van der Waals surface area contributed by atoms with E-state index in [0.717, 1.165) is 25.3 Å². The molecule has 1 aliphatic rings. The van der Waals surface area contributed by atoms with Crippen LogP contribution in [-0.4, -0.2) is 97.8 Å². The summed E-state index contributed by atoms with van der Waals surface area (Å²) in [5.74, 6) is 1.61. The van der Waals surface area contributed by atoms with Gasteiger partial charge in [-0.25, -0.2) is 4.99 Å². The first-order chi connectivity index (χ1) is 10.8. The summed E-state index contributed by atoms with van der Waals surface area (Å²) in [5.41, 5.74) is 0. The highest BCUT2D eigenvalue weighted by Gasteiger charge is 2.22. The standard InChI is InChI=1S/C15H29N5O2S/c1-6-12-11-20(7-8-23-12)15(16-9-13(21)18(2)3)17-10-14(22)19(4)5/h12H,6-11H2,1-5H3,(H,16,17). The monoisotopic (exact) mass is 343 g/mol. The summed E-state index contributed by atoms with van der Waals surface area (Å²) in [5, 5.41) is 3.67. The molecule has 1 aliphatic heterocycles. The Balaban J connectivity index is 2.76. The SMILES string of the molecule is CCC1CN(C(=NCC(=O)N(C)C)NCC(=O)N(C)C)CCS1. The van der Waals surface area contributed by atoms with Crippen molar-refractivity contribution in [1.29, 1.82) is 0 Å². The molecule has 1 fully saturated rings. The highest BCUT2D eigenvalue weighted by atomic mass is 32.2. The fraction of sp³-hybridized carbons (Fsp3) is 0.800. The number of thioether (sulfide) groups is 1. The summed E-state index contributed by atoms with van der Waals surface area (Å²) in [4.78, 5) is 33.2. The molecule has 0 spiro atoms. The van der Waals surface area contributed by atoms with Crippen molar-refractivity contribution in [3.8, 4) is 0 Å². The zero-order valence-electron chi connectivity index (χ0n) is 14.8. The average molecular weight is 343 g/mol. The van der Waals surface area contributed by atoms with Crippen LogP contribution in [0.3, 0.4) is 0 Å². The Kier molecular flexibility index (Phi) is 8.22. The molecule has 1 N–H and O–H groups in total. The minimum atomic E-state index is -0.0540. The third kappa shape index (κ3) is 6.68.